The molecule has 39 heavy (non-hydrogen) atoms. The molecule has 0 spiro atoms. The second-order valence-electron chi connectivity index (χ2n) is 12.1. The van der Waals surface area contributed by atoms with Crippen molar-refractivity contribution in [3.05, 3.63) is 108 Å². The lowest BCUT2D eigenvalue weighted by Crippen LogP contribution is -2.78. The van der Waals surface area contributed by atoms with Crippen LogP contribution in [0.15, 0.2) is 91.0 Å². The van der Waals surface area contributed by atoms with Gasteiger partial charge in [0, 0.05) is 43.7 Å². The molecule has 5 nitrogen and oxygen atoms in total. The van der Waals surface area contributed by atoms with Gasteiger partial charge in [-0.2, -0.15) is 0 Å². The summed E-state index contributed by atoms with van der Waals surface area (Å²) in [7, 11) is 0. The Morgan fingerprint density at radius 3 is 2.13 bits per heavy atom. The van der Waals surface area contributed by atoms with Crippen molar-refractivity contribution in [3.8, 4) is 0 Å². The van der Waals surface area contributed by atoms with Crippen LogP contribution in [0.5, 0.6) is 0 Å². The summed E-state index contributed by atoms with van der Waals surface area (Å²) in [6, 6.07) is 30.3. The number of carbonyl (C=O) groups excluding carboxylic acids is 2. The Bertz CT molecular complexity index is 1300. The molecule has 1 aliphatic carbocycles. The zero-order valence-corrected chi connectivity index (χ0v) is 23.0. The van der Waals surface area contributed by atoms with Gasteiger partial charge in [-0.1, -0.05) is 92.7 Å². The minimum Gasteiger partial charge on any atom is -0.350 e. The first-order valence-corrected chi connectivity index (χ1v) is 14.5. The van der Waals surface area contributed by atoms with E-state index in [0.29, 0.717) is 36.4 Å². The molecule has 0 radical (unpaired) electrons. The number of nitrogens with one attached hydrogen (secondary N) is 1. The van der Waals surface area contributed by atoms with Gasteiger partial charge in [0.15, 0.2) is 0 Å². The average Bonchev–Trinajstić information content (AvgIpc) is 3.22. The molecular weight excluding hydrogens is 482 g/mol. The topological polar surface area (TPSA) is 52.7 Å². The molecule has 5 heteroatoms. The molecule has 0 unspecified atom stereocenters. The Hall–Kier alpha value is -3.44. The second kappa shape index (κ2) is 10.6. The molecule has 202 valence electrons. The summed E-state index contributed by atoms with van der Waals surface area (Å²) in [6.45, 7) is 7.39. The molecular formula is C34H39N3O2. The number of piperidine rings is 2. The van der Waals surface area contributed by atoms with Crippen molar-refractivity contribution >= 4 is 11.8 Å². The van der Waals surface area contributed by atoms with E-state index in [0.717, 1.165) is 31.5 Å². The number of nitrogens with zero attached hydrogens (tertiary/aromatic N) is 2. The van der Waals surface area contributed by atoms with Crippen LogP contribution in [0.1, 0.15) is 41.8 Å². The fourth-order valence-electron chi connectivity index (χ4n) is 7.85. The Kier molecular flexibility index (Phi) is 7.03. The molecule has 3 heterocycles. The third-order valence-electron chi connectivity index (χ3n) is 9.22. The maximum Gasteiger partial charge on any atom is 0.254 e. The fraction of sp³-hybridized carbons (Fsp3) is 0.412. The largest absolute Gasteiger partial charge is 0.350 e. The van der Waals surface area contributed by atoms with Crippen LogP contribution in [-0.2, 0) is 17.8 Å². The van der Waals surface area contributed by atoms with Crippen LogP contribution < -0.4 is 5.32 Å². The number of likely N-dealkylation sites (tertiary alicyclic amines) is 1. The van der Waals surface area contributed by atoms with Crippen molar-refractivity contribution in [3.63, 3.8) is 0 Å². The van der Waals surface area contributed by atoms with Gasteiger partial charge in [-0.15, -0.1) is 0 Å². The van der Waals surface area contributed by atoms with Gasteiger partial charge in [0.2, 0.25) is 5.91 Å². The fourth-order valence-corrected chi connectivity index (χ4v) is 7.85. The minimum absolute atomic E-state index is 0.00750. The Morgan fingerprint density at radius 2 is 1.49 bits per heavy atom. The summed E-state index contributed by atoms with van der Waals surface area (Å²) >= 11 is 0. The maximum absolute atomic E-state index is 14.7. The van der Waals surface area contributed by atoms with E-state index >= 15 is 0 Å². The lowest BCUT2D eigenvalue weighted by Gasteiger charge is -2.61. The third-order valence-corrected chi connectivity index (χ3v) is 9.22. The van der Waals surface area contributed by atoms with E-state index in [1.54, 1.807) is 0 Å². The summed E-state index contributed by atoms with van der Waals surface area (Å²) in [4.78, 5) is 33.4. The van der Waals surface area contributed by atoms with Gasteiger partial charge in [-0.3, -0.25) is 14.5 Å². The van der Waals surface area contributed by atoms with E-state index in [1.165, 1.54) is 5.56 Å². The highest BCUT2D eigenvalue weighted by molar-refractivity contribution is 6.00. The summed E-state index contributed by atoms with van der Waals surface area (Å²) in [6.07, 6.45) is 1.92. The number of hydrogen-bond acceptors (Lipinski definition) is 3. The van der Waals surface area contributed by atoms with E-state index in [1.807, 2.05) is 65.6 Å². The zero-order chi connectivity index (χ0) is 27.0. The third kappa shape index (κ3) is 4.57. The predicted octanol–water partition coefficient (Wildman–Crippen LogP) is 5.03. The van der Waals surface area contributed by atoms with E-state index < -0.39 is 5.54 Å². The average molecular weight is 522 g/mol. The van der Waals surface area contributed by atoms with Gasteiger partial charge < -0.3 is 10.2 Å². The van der Waals surface area contributed by atoms with Crippen LogP contribution in [0, 0.1) is 23.7 Å². The smallest absolute Gasteiger partial charge is 0.254 e. The predicted molar refractivity (Wildman–Crippen MR) is 154 cm³/mol. The molecule has 4 fully saturated rings. The lowest BCUT2D eigenvalue weighted by molar-refractivity contribution is -0.153. The summed E-state index contributed by atoms with van der Waals surface area (Å²) < 4.78 is 0. The van der Waals surface area contributed by atoms with E-state index in [2.05, 4.69) is 54.4 Å². The molecule has 5 atom stereocenters. The van der Waals surface area contributed by atoms with Crippen molar-refractivity contribution in [1.29, 1.82) is 0 Å². The molecule has 3 aromatic carbocycles. The molecule has 2 amide bonds. The Balaban J connectivity index is 1.43. The zero-order valence-electron chi connectivity index (χ0n) is 23.0. The van der Waals surface area contributed by atoms with Crippen molar-refractivity contribution in [2.24, 2.45) is 23.7 Å². The molecule has 4 aliphatic rings. The van der Waals surface area contributed by atoms with Gasteiger partial charge in [0.25, 0.3) is 5.91 Å². The van der Waals surface area contributed by atoms with Crippen LogP contribution in [0.2, 0.25) is 0 Å². The van der Waals surface area contributed by atoms with Crippen LogP contribution in [0.25, 0.3) is 0 Å². The van der Waals surface area contributed by atoms with Crippen molar-refractivity contribution in [2.75, 3.05) is 19.6 Å². The Morgan fingerprint density at radius 1 is 0.872 bits per heavy atom. The molecule has 1 saturated carbocycles. The highest BCUT2D eigenvalue weighted by Gasteiger charge is 2.71. The van der Waals surface area contributed by atoms with Crippen LogP contribution >= 0.6 is 0 Å². The standard InChI is InChI=1S/C34H39N3O2/c1-24(2)21-36-23-29-19-28-22-37(32(38)27-16-10-5-11-17-27)34(29,33(39)35-20-26-14-8-4-9-15-26)31(36)30(28)18-25-12-6-3-7-13-25/h3-17,24,28-31H,18-23H2,1-2H3,(H,35,39)/t28-,29-,30+,31+,34-/m0/s1. The van der Waals surface area contributed by atoms with Crippen LogP contribution in [-0.4, -0.2) is 52.8 Å². The van der Waals surface area contributed by atoms with Crippen LogP contribution in [0.3, 0.4) is 0 Å². The Labute approximate surface area is 232 Å². The molecule has 3 aromatic rings. The van der Waals surface area contributed by atoms with Gasteiger partial charge in [-0.05, 0) is 53.9 Å². The summed E-state index contributed by atoms with van der Waals surface area (Å²) in [5.74, 6) is 1.27. The van der Waals surface area contributed by atoms with Crippen LogP contribution in [0.4, 0.5) is 0 Å². The molecule has 4 bridgehead atoms. The first-order valence-electron chi connectivity index (χ1n) is 14.5. The molecule has 3 saturated heterocycles. The normalized spacial score (nSPS) is 27.6. The van der Waals surface area contributed by atoms with E-state index in [-0.39, 0.29) is 23.8 Å². The number of hydrogen-bond donors (Lipinski definition) is 1. The number of rotatable bonds is 8. The SMILES string of the molecule is CC(C)CN1C[C@@H]2C[C@H]3CN(C(=O)c4ccccc4)[C@]2(C(=O)NCc2ccccc2)[C@H]1[C@@H]3Cc1ccccc1. The maximum atomic E-state index is 14.7. The molecule has 7 rings (SSSR count). The van der Waals surface area contributed by atoms with Crippen molar-refractivity contribution in [1.82, 2.24) is 15.1 Å². The molecule has 1 N–H and O–H groups in total. The summed E-state index contributed by atoms with van der Waals surface area (Å²) in [5, 5.41) is 3.32. The van der Waals surface area contributed by atoms with E-state index in [4.69, 9.17) is 0 Å². The lowest BCUT2D eigenvalue weighted by atomic mass is 9.57. The van der Waals surface area contributed by atoms with Gasteiger partial charge in [0.05, 0.1) is 0 Å². The number of benzene rings is 3. The summed E-state index contributed by atoms with van der Waals surface area (Å²) in [5.41, 5.74) is 2.16. The first-order chi connectivity index (χ1) is 19.0. The monoisotopic (exact) mass is 521 g/mol. The number of carbonyl (C=O) groups is 2. The van der Waals surface area contributed by atoms with Crippen molar-refractivity contribution < 1.29 is 9.59 Å². The number of amides is 2. The quantitative estimate of drug-likeness (QED) is 0.452. The second-order valence-corrected chi connectivity index (χ2v) is 12.1. The number of fused-ring (bicyclic) bond motifs is 1. The highest BCUT2D eigenvalue weighted by Crippen LogP contribution is 2.57. The van der Waals surface area contributed by atoms with E-state index in [9.17, 15) is 9.59 Å². The van der Waals surface area contributed by atoms with Gasteiger partial charge >= 0.3 is 0 Å². The molecule has 0 aromatic heterocycles. The molecule has 3 aliphatic heterocycles. The van der Waals surface area contributed by atoms with Gasteiger partial charge in [-0.25, -0.2) is 0 Å². The highest BCUT2D eigenvalue weighted by atomic mass is 16.2. The first kappa shape index (κ1) is 25.8. The van der Waals surface area contributed by atoms with Gasteiger partial charge in [0.1, 0.15) is 5.54 Å². The minimum atomic E-state index is -0.884. The van der Waals surface area contributed by atoms with Crippen molar-refractivity contribution in [2.45, 2.75) is 44.8 Å².